The van der Waals surface area contributed by atoms with E-state index in [-0.39, 0.29) is 17.2 Å². The first-order chi connectivity index (χ1) is 19.1. The number of unbranched alkanes of at least 4 members (excludes halogenated alkanes) is 2. The fourth-order valence-corrected chi connectivity index (χ4v) is 5.47. The van der Waals surface area contributed by atoms with Gasteiger partial charge in [-0.2, -0.15) is 0 Å². The van der Waals surface area contributed by atoms with Crippen LogP contribution >= 0.6 is 11.8 Å². The Bertz CT molecular complexity index is 979. The highest BCUT2D eigenvalue weighted by atomic mass is 32.2. The van der Waals surface area contributed by atoms with Crippen LogP contribution in [0.1, 0.15) is 90.2 Å². The van der Waals surface area contributed by atoms with Gasteiger partial charge in [-0.05, 0) is 76.0 Å². The predicted molar refractivity (Wildman–Crippen MR) is 167 cm³/mol. The van der Waals surface area contributed by atoms with Crippen molar-refractivity contribution in [1.82, 2.24) is 4.90 Å². The highest BCUT2D eigenvalue weighted by Crippen LogP contribution is 2.34. The van der Waals surface area contributed by atoms with Crippen molar-refractivity contribution in [3.8, 4) is 0 Å². The van der Waals surface area contributed by atoms with Gasteiger partial charge in [0.2, 0.25) is 5.91 Å². The van der Waals surface area contributed by atoms with E-state index in [1.165, 1.54) is 4.90 Å². The van der Waals surface area contributed by atoms with Crippen molar-refractivity contribution in [2.75, 3.05) is 5.75 Å². The summed E-state index contributed by atoms with van der Waals surface area (Å²) in [5.74, 6) is 0.783. The van der Waals surface area contributed by atoms with E-state index in [1.54, 1.807) is 11.8 Å². The highest BCUT2D eigenvalue weighted by Gasteiger charge is 2.44. The summed E-state index contributed by atoms with van der Waals surface area (Å²) in [6.45, 7) is 6.05. The van der Waals surface area contributed by atoms with Crippen LogP contribution in [0.2, 0.25) is 0 Å². The highest BCUT2D eigenvalue weighted by molar-refractivity contribution is 8.00. The van der Waals surface area contributed by atoms with Gasteiger partial charge in [-0.1, -0.05) is 105 Å². The van der Waals surface area contributed by atoms with Gasteiger partial charge in [0, 0.05) is 0 Å². The topological polar surface area (TPSA) is 46.6 Å². The SMILES string of the molecule is CC/C=C\C/C=C\C/C=C\C/C=C\C/C=C\CCCCS[C@H](CC)C(=O)N1C(=O)O[C@H](c2ccccc2)[C@@H]1C. The monoisotopic (exact) mass is 549 g/mol. The standard InChI is InChI=1S/C34H47NO3S/c1-4-6-7-8-9-10-11-12-13-14-15-16-17-18-19-20-21-25-28-39-31(5-2)33(36)35-29(3)32(38-34(35)37)30-26-23-22-24-27-30/h6-7,9-10,12-13,15-16,18-19,22-24,26-27,29,31-32H,4-5,8,11,14,17,20-21,25,28H2,1-3H3/b7-6-,10-9-,13-12-,16-15-,19-18-/t29-,31+,32-/m0/s1. The molecule has 0 unspecified atom stereocenters. The van der Waals surface area contributed by atoms with Gasteiger partial charge in [0.1, 0.15) is 6.10 Å². The van der Waals surface area contributed by atoms with Crippen LogP contribution in [0.3, 0.4) is 0 Å². The molecule has 0 aromatic heterocycles. The zero-order chi connectivity index (χ0) is 28.1. The molecule has 3 atom stereocenters. The van der Waals surface area contributed by atoms with Gasteiger partial charge in [0.05, 0.1) is 11.3 Å². The van der Waals surface area contributed by atoms with Crippen molar-refractivity contribution in [2.45, 2.75) is 96.0 Å². The molecule has 212 valence electrons. The van der Waals surface area contributed by atoms with Crippen LogP contribution in [0.5, 0.6) is 0 Å². The number of ether oxygens (including phenoxy) is 1. The summed E-state index contributed by atoms with van der Waals surface area (Å²) < 4.78 is 5.57. The van der Waals surface area contributed by atoms with Crippen LogP contribution < -0.4 is 0 Å². The normalized spacial score (nSPS) is 18.9. The van der Waals surface area contributed by atoms with Crippen molar-refractivity contribution in [3.05, 3.63) is 96.7 Å². The molecule has 1 aromatic rings. The fourth-order valence-electron chi connectivity index (χ4n) is 4.32. The number of benzene rings is 1. The molecular weight excluding hydrogens is 502 g/mol. The van der Waals surface area contributed by atoms with Crippen LogP contribution in [0.4, 0.5) is 4.79 Å². The van der Waals surface area contributed by atoms with E-state index in [2.05, 4.69) is 67.7 Å². The lowest BCUT2D eigenvalue weighted by atomic mass is 10.0. The summed E-state index contributed by atoms with van der Waals surface area (Å²) in [4.78, 5) is 27.0. The average Bonchev–Trinajstić information content (AvgIpc) is 3.25. The number of nitrogens with zero attached hydrogens (tertiary/aromatic N) is 1. The zero-order valence-electron chi connectivity index (χ0n) is 24.0. The van der Waals surface area contributed by atoms with E-state index in [9.17, 15) is 9.59 Å². The lowest BCUT2D eigenvalue weighted by Gasteiger charge is -2.23. The first-order valence-corrected chi connectivity index (χ1v) is 15.6. The minimum atomic E-state index is -0.529. The predicted octanol–water partition coefficient (Wildman–Crippen LogP) is 9.53. The van der Waals surface area contributed by atoms with Crippen molar-refractivity contribution in [2.24, 2.45) is 0 Å². The third-order valence-electron chi connectivity index (χ3n) is 6.52. The van der Waals surface area contributed by atoms with E-state index in [4.69, 9.17) is 4.74 Å². The summed E-state index contributed by atoms with van der Waals surface area (Å²) in [5, 5.41) is -0.219. The maximum absolute atomic E-state index is 13.2. The number of rotatable bonds is 18. The molecule has 0 N–H and O–H groups in total. The van der Waals surface area contributed by atoms with E-state index in [0.29, 0.717) is 6.42 Å². The number of hydrogen-bond acceptors (Lipinski definition) is 4. The van der Waals surface area contributed by atoms with Gasteiger partial charge in [-0.15, -0.1) is 11.8 Å². The summed E-state index contributed by atoms with van der Waals surface area (Å²) in [6, 6.07) is 9.34. The number of cyclic esters (lactones) is 1. The molecular formula is C34H47NO3S. The Balaban J connectivity index is 1.57. The molecule has 1 aromatic carbocycles. The zero-order valence-corrected chi connectivity index (χ0v) is 24.9. The van der Waals surface area contributed by atoms with Gasteiger partial charge in [0.25, 0.3) is 0 Å². The van der Waals surface area contributed by atoms with Crippen LogP contribution in [0.25, 0.3) is 0 Å². The molecule has 1 aliphatic rings. The molecule has 1 aliphatic heterocycles. The van der Waals surface area contributed by atoms with Crippen molar-refractivity contribution in [1.29, 1.82) is 0 Å². The van der Waals surface area contributed by atoms with Gasteiger partial charge in [-0.25, -0.2) is 9.69 Å². The Kier molecular flexibility index (Phi) is 16.8. The molecule has 0 bridgehead atoms. The summed E-state index contributed by atoms with van der Waals surface area (Å²) in [7, 11) is 0. The number of amides is 2. The molecule has 0 radical (unpaired) electrons. The van der Waals surface area contributed by atoms with Crippen LogP contribution in [0.15, 0.2) is 91.1 Å². The second kappa shape index (κ2) is 20.2. The molecule has 4 nitrogen and oxygen atoms in total. The quantitative estimate of drug-likeness (QED) is 0.135. The minimum absolute atomic E-state index is 0.128. The molecule has 0 saturated carbocycles. The smallest absolute Gasteiger partial charge is 0.417 e. The Labute approximate surface area is 241 Å². The molecule has 2 rings (SSSR count). The third kappa shape index (κ3) is 12.3. The number of imide groups is 1. The molecule has 5 heteroatoms. The summed E-state index contributed by atoms with van der Waals surface area (Å²) in [5.41, 5.74) is 0.921. The molecule has 2 amide bonds. The number of hydrogen-bond donors (Lipinski definition) is 0. The largest absolute Gasteiger partial charge is 0.439 e. The van der Waals surface area contributed by atoms with E-state index in [0.717, 1.165) is 62.7 Å². The van der Waals surface area contributed by atoms with Crippen LogP contribution in [-0.2, 0) is 9.53 Å². The molecule has 39 heavy (non-hydrogen) atoms. The minimum Gasteiger partial charge on any atom is -0.439 e. The number of allylic oxidation sites excluding steroid dienone is 10. The number of carbonyl (C=O) groups excluding carboxylic acids is 2. The molecule has 1 fully saturated rings. The average molecular weight is 550 g/mol. The molecule has 1 heterocycles. The van der Waals surface area contributed by atoms with Gasteiger partial charge < -0.3 is 4.74 Å². The van der Waals surface area contributed by atoms with Crippen LogP contribution in [0, 0.1) is 0 Å². The second-order valence-corrected chi connectivity index (χ2v) is 10.9. The summed E-state index contributed by atoms with van der Waals surface area (Å²) >= 11 is 1.66. The molecule has 0 aliphatic carbocycles. The van der Waals surface area contributed by atoms with Gasteiger partial charge >= 0.3 is 6.09 Å². The molecule has 0 spiro atoms. The lowest BCUT2D eigenvalue weighted by Crippen LogP contribution is -2.42. The first kappa shape index (κ1) is 32.4. The van der Waals surface area contributed by atoms with Gasteiger partial charge in [-0.3, -0.25) is 4.79 Å². The van der Waals surface area contributed by atoms with E-state index in [1.807, 2.05) is 44.2 Å². The maximum Gasteiger partial charge on any atom is 0.417 e. The van der Waals surface area contributed by atoms with Crippen molar-refractivity contribution < 1.29 is 14.3 Å². The van der Waals surface area contributed by atoms with E-state index >= 15 is 0 Å². The third-order valence-corrected chi connectivity index (χ3v) is 7.99. The van der Waals surface area contributed by atoms with Crippen LogP contribution in [-0.4, -0.2) is 33.9 Å². The second-order valence-electron chi connectivity index (χ2n) is 9.64. The Morgan fingerprint density at radius 3 is 2.00 bits per heavy atom. The lowest BCUT2D eigenvalue weighted by molar-refractivity contribution is -0.128. The number of carbonyl (C=O) groups is 2. The fraction of sp³-hybridized carbons (Fsp3) is 0.471. The van der Waals surface area contributed by atoms with E-state index < -0.39 is 12.2 Å². The Hall–Kier alpha value is -2.79. The molecule has 1 saturated heterocycles. The van der Waals surface area contributed by atoms with Gasteiger partial charge in [0.15, 0.2) is 0 Å². The van der Waals surface area contributed by atoms with Crippen molar-refractivity contribution >= 4 is 23.8 Å². The Morgan fingerprint density at radius 1 is 0.872 bits per heavy atom. The Morgan fingerprint density at radius 2 is 1.44 bits per heavy atom. The van der Waals surface area contributed by atoms with Crippen molar-refractivity contribution in [3.63, 3.8) is 0 Å². The first-order valence-electron chi connectivity index (χ1n) is 14.5. The summed E-state index contributed by atoms with van der Waals surface area (Å²) in [6.07, 6.45) is 30.2. The maximum atomic E-state index is 13.2. The number of thioether (sulfide) groups is 1.